The van der Waals surface area contributed by atoms with E-state index in [1.807, 2.05) is 23.7 Å². The van der Waals surface area contributed by atoms with Gasteiger partial charge in [0.05, 0.1) is 11.4 Å². The topological polar surface area (TPSA) is 50.6 Å². The van der Waals surface area contributed by atoms with E-state index >= 15 is 0 Å². The fraction of sp³-hybridized carbons (Fsp3) is 0.800. The van der Waals surface area contributed by atoms with Gasteiger partial charge in [-0.05, 0) is 64.6 Å². The number of carbonyl (C=O) groups is 1. The Balaban J connectivity index is 1.49. The van der Waals surface area contributed by atoms with Crippen molar-refractivity contribution in [1.29, 1.82) is 0 Å². The molecule has 6 nitrogen and oxygen atoms in total. The van der Waals surface area contributed by atoms with E-state index < -0.39 is 0 Å². The van der Waals surface area contributed by atoms with E-state index in [0.29, 0.717) is 11.8 Å². The zero-order valence-corrected chi connectivity index (χ0v) is 16.8. The molecule has 1 aromatic rings. The highest BCUT2D eigenvalue weighted by molar-refractivity contribution is 5.80. The van der Waals surface area contributed by atoms with Crippen molar-refractivity contribution in [1.82, 2.24) is 19.6 Å². The van der Waals surface area contributed by atoms with Crippen molar-refractivity contribution < 1.29 is 9.53 Å². The van der Waals surface area contributed by atoms with Crippen LogP contribution in [0.2, 0.25) is 0 Å². The highest BCUT2D eigenvalue weighted by atomic mass is 16.5. The van der Waals surface area contributed by atoms with Crippen LogP contribution < -0.4 is 0 Å². The summed E-state index contributed by atoms with van der Waals surface area (Å²) in [6.07, 6.45) is 6.39. The van der Waals surface area contributed by atoms with Crippen LogP contribution in [0, 0.1) is 5.92 Å². The summed E-state index contributed by atoms with van der Waals surface area (Å²) in [5.41, 5.74) is 2.51. The minimum Gasteiger partial charge on any atom is -0.368 e. The lowest BCUT2D eigenvalue weighted by Gasteiger charge is -2.31. The highest BCUT2D eigenvalue weighted by Gasteiger charge is 2.30. The lowest BCUT2D eigenvalue weighted by Crippen LogP contribution is -2.39. The number of amides is 1. The molecule has 26 heavy (non-hydrogen) atoms. The number of carbonyl (C=O) groups excluding carboxylic acids is 1. The molecule has 0 aromatic carbocycles. The van der Waals surface area contributed by atoms with E-state index in [2.05, 4.69) is 25.1 Å². The van der Waals surface area contributed by atoms with E-state index in [4.69, 9.17) is 9.84 Å². The first-order valence-electron chi connectivity index (χ1n) is 9.98. The van der Waals surface area contributed by atoms with Crippen molar-refractivity contribution in [3.8, 4) is 0 Å². The summed E-state index contributed by atoms with van der Waals surface area (Å²) >= 11 is 0. The Morgan fingerprint density at radius 3 is 2.58 bits per heavy atom. The van der Waals surface area contributed by atoms with Crippen LogP contribution in [-0.2, 0) is 23.1 Å². The first-order chi connectivity index (χ1) is 12.4. The first-order valence-corrected chi connectivity index (χ1v) is 9.98. The number of nitrogens with zero attached hydrogens (tertiary/aromatic N) is 4. The third-order valence-corrected chi connectivity index (χ3v) is 5.85. The summed E-state index contributed by atoms with van der Waals surface area (Å²) in [6.45, 7) is 2.52. The fourth-order valence-corrected chi connectivity index (χ4v) is 4.34. The van der Waals surface area contributed by atoms with Crippen LogP contribution >= 0.6 is 0 Å². The van der Waals surface area contributed by atoms with Gasteiger partial charge in [0, 0.05) is 39.7 Å². The van der Waals surface area contributed by atoms with Crippen molar-refractivity contribution in [2.75, 3.05) is 34.3 Å². The maximum Gasteiger partial charge on any atom is 0.251 e. The third kappa shape index (κ3) is 4.65. The number of hydrogen-bond donors (Lipinski definition) is 0. The van der Waals surface area contributed by atoms with Crippen molar-refractivity contribution in [3.63, 3.8) is 0 Å². The monoisotopic (exact) mass is 362 g/mol. The van der Waals surface area contributed by atoms with Crippen LogP contribution in [0.4, 0.5) is 0 Å². The van der Waals surface area contributed by atoms with Gasteiger partial charge in [0.1, 0.15) is 6.10 Å². The summed E-state index contributed by atoms with van der Waals surface area (Å²) in [4.78, 5) is 16.5. The van der Waals surface area contributed by atoms with E-state index in [-0.39, 0.29) is 12.0 Å². The molecular weight excluding hydrogens is 328 g/mol. The van der Waals surface area contributed by atoms with Gasteiger partial charge in [-0.25, -0.2) is 0 Å². The molecule has 146 valence electrons. The second-order valence-corrected chi connectivity index (χ2v) is 8.36. The van der Waals surface area contributed by atoms with E-state index in [9.17, 15) is 4.79 Å². The van der Waals surface area contributed by atoms with E-state index in [1.54, 1.807) is 0 Å². The average molecular weight is 363 g/mol. The van der Waals surface area contributed by atoms with Crippen LogP contribution in [-0.4, -0.2) is 65.9 Å². The summed E-state index contributed by atoms with van der Waals surface area (Å²) in [7, 11) is 8.15. The Kier molecular flexibility index (Phi) is 6.35. The van der Waals surface area contributed by atoms with Crippen LogP contribution in [0.15, 0.2) is 6.07 Å². The molecule has 1 aliphatic carbocycles. The molecule has 1 saturated heterocycles. The van der Waals surface area contributed by atoms with Gasteiger partial charge in [-0.2, -0.15) is 5.10 Å². The second-order valence-electron chi connectivity index (χ2n) is 8.36. The van der Waals surface area contributed by atoms with Gasteiger partial charge in [-0.15, -0.1) is 0 Å². The van der Waals surface area contributed by atoms with Gasteiger partial charge >= 0.3 is 0 Å². The van der Waals surface area contributed by atoms with Gasteiger partial charge in [0.25, 0.3) is 5.91 Å². The Morgan fingerprint density at radius 2 is 1.96 bits per heavy atom. The Hall–Kier alpha value is -1.40. The molecule has 0 N–H and O–H groups in total. The van der Waals surface area contributed by atoms with Gasteiger partial charge in [0.15, 0.2) is 0 Å². The SMILES string of the molecule is CN(C)Cc1cc(C2CCC(CN(C)C(=O)[C@H]3CCCO3)CC2)nn1C. The van der Waals surface area contributed by atoms with Crippen molar-refractivity contribution in [2.45, 2.75) is 57.1 Å². The Morgan fingerprint density at radius 1 is 1.23 bits per heavy atom. The molecule has 1 atom stereocenters. The summed E-state index contributed by atoms with van der Waals surface area (Å²) in [5, 5.41) is 4.76. The number of rotatable bonds is 6. The number of aromatic nitrogens is 2. The van der Waals surface area contributed by atoms with Crippen LogP contribution in [0.1, 0.15) is 55.8 Å². The zero-order valence-electron chi connectivity index (χ0n) is 16.8. The smallest absolute Gasteiger partial charge is 0.251 e. The van der Waals surface area contributed by atoms with Crippen molar-refractivity contribution >= 4 is 5.91 Å². The van der Waals surface area contributed by atoms with Gasteiger partial charge in [-0.1, -0.05) is 0 Å². The predicted octanol–water partition coefficient (Wildman–Crippen LogP) is 2.39. The molecule has 1 amide bonds. The third-order valence-electron chi connectivity index (χ3n) is 5.85. The minimum absolute atomic E-state index is 0.169. The van der Waals surface area contributed by atoms with Crippen LogP contribution in [0.25, 0.3) is 0 Å². The maximum absolute atomic E-state index is 12.4. The lowest BCUT2D eigenvalue weighted by molar-refractivity contribution is -0.140. The molecule has 0 bridgehead atoms. The summed E-state index contributed by atoms with van der Waals surface area (Å²) in [5.74, 6) is 1.33. The molecule has 2 aliphatic rings. The molecule has 0 radical (unpaired) electrons. The van der Waals surface area contributed by atoms with E-state index in [0.717, 1.165) is 32.5 Å². The quantitative estimate of drug-likeness (QED) is 0.780. The Labute approximate surface area is 157 Å². The number of hydrogen-bond acceptors (Lipinski definition) is 4. The second kappa shape index (κ2) is 8.53. The van der Waals surface area contributed by atoms with E-state index in [1.165, 1.54) is 37.1 Å². The standard InChI is InChI=1S/C20H34N4O2/c1-22(2)14-17-12-18(21-24(17)4)16-9-7-15(8-10-16)13-23(3)20(25)19-6-5-11-26-19/h12,15-16,19H,5-11,13-14H2,1-4H3/t15?,16?,19-/m1/s1. The molecule has 0 unspecified atom stereocenters. The largest absolute Gasteiger partial charge is 0.368 e. The molecule has 2 fully saturated rings. The molecule has 1 aliphatic heterocycles. The molecule has 1 aromatic heterocycles. The van der Waals surface area contributed by atoms with Gasteiger partial charge in [-0.3, -0.25) is 9.48 Å². The van der Waals surface area contributed by atoms with Crippen molar-refractivity contribution in [3.05, 3.63) is 17.5 Å². The number of aryl methyl sites for hydroxylation is 1. The van der Waals surface area contributed by atoms with Gasteiger partial charge in [0.2, 0.25) is 0 Å². The average Bonchev–Trinajstić information content (AvgIpc) is 3.25. The first kappa shape index (κ1) is 19.4. The summed E-state index contributed by atoms with van der Waals surface area (Å²) in [6, 6.07) is 2.28. The molecule has 6 heteroatoms. The van der Waals surface area contributed by atoms with Crippen LogP contribution in [0.5, 0.6) is 0 Å². The highest BCUT2D eigenvalue weighted by Crippen LogP contribution is 2.36. The van der Waals surface area contributed by atoms with Crippen LogP contribution in [0.3, 0.4) is 0 Å². The number of ether oxygens (including phenoxy) is 1. The minimum atomic E-state index is -0.194. The maximum atomic E-state index is 12.4. The number of likely N-dealkylation sites (N-methyl/N-ethyl adjacent to an activating group) is 1. The predicted molar refractivity (Wildman–Crippen MR) is 102 cm³/mol. The Bertz CT molecular complexity index is 599. The molecule has 3 rings (SSSR count). The molecule has 2 heterocycles. The fourth-order valence-electron chi connectivity index (χ4n) is 4.34. The molecular formula is C20H34N4O2. The molecule has 0 spiro atoms. The van der Waals surface area contributed by atoms with Crippen molar-refractivity contribution in [2.24, 2.45) is 13.0 Å². The normalized spacial score (nSPS) is 26.4. The summed E-state index contributed by atoms with van der Waals surface area (Å²) < 4.78 is 7.56. The molecule has 1 saturated carbocycles. The van der Waals surface area contributed by atoms with Gasteiger partial charge < -0.3 is 14.5 Å². The zero-order chi connectivity index (χ0) is 18.7. The lowest BCUT2D eigenvalue weighted by atomic mass is 9.80.